The Morgan fingerprint density at radius 3 is 2.58 bits per heavy atom. The van der Waals surface area contributed by atoms with E-state index in [-0.39, 0.29) is 6.10 Å². The Balaban J connectivity index is 1.88. The molecule has 5 nitrogen and oxygen atoms in total. The molecular weight excluding hydrogens is 246 g/mol. The molecule has 1 aromatic carbocycles. The highest BCUT2D eigenvalue weighted by Crippen LogP contribution is 2.21. The Morgan fingerprint density at radius 2 is 2.05 bits per heavy atom. The summed E-state index contributed by atoms with van der Waals surface area (Å²) in [5.41, 5.74) is 1.16. The van der Waals surface area contributed by atoms with Gasteiger partial charge in [-0.1, -0.05) is 30.3 Å². The summed E-state index contributed by atoms with van der Waals surface area (Å²) in [6, 6.07) is 9.22. The monoisotopic (exact) mass is 263 g/mol. The van der Waals surface area contributed by atoms with E-state index in [1.807, 2.05) is 30.3 Å². The van der Waals surface area contributed by atoms with Crippen LogP contribution in [0.1, 0.15) is 18.9 Å². The summed E-state index contributed by atoms with van der Waals surface area (Å²) in [4.78, 5) is 23.7. The van der Waals surface area contributed by atoms with Gasteiger partial charge in [0.25, 0.3) is 0 Å². The van der Waals surface area contributed by atoms with Crippen LogP contribution in [0.25, 0.3) is 0 Å². The second-order valence-electron chi connectivity index (χ2n) is 4.65. The Hall–Kier alpha value is -2.04. The van der Waals surface area contributed by atoms with Gasteiger partial charge in [-0.3, -0.25) is 4.90 Å². The van der Waals surface area contributed by atoms with Crippen molar-refractivity contribution in [3.63, 3.8) is 0 Å². The number of benzene rings is 1. The summed E-state index contributed by atoms with van der Waals surface area (Å²) >= 11 is 0. The van der Waals surface area contributed by atoms with E-state index < -0.39 is 18.1 Å². The molecule has 1 fully saturated rings. The summed E-state index contributed by atoms with van der Waals surface area (Å²) in [5.74, 6) is -0.449. The number of carbonyl (C=O) groups excluding carboxylic acids is 1. The predicted octanol–water partition coefficient (Wildman–Crippen LogP) is 1.91. The van der Waals surface area contributed by atoms with Gasteiger partial charge < -0.3 is 9.84 Å². The van der Waals surface area contributed by atoms with E-state index in [4.69, 9.17) is 9.84 Å². The van der Waals surface area contributed by atoms with Crippen molar-refractivity contribution in [2.24, 2.45) is 0 Å². The Kier molecular flexibility index (Phi) is 4.04. The normalized spacial score (nSPS) is 21.4. The third-order valence-electron chi connectivity index (χ3n) is 3.28. The molecule has 1 N–H and O–H groups in total. The zero-order valence-electron chi connectivity index (χ0n) is 10.8. The maximum Gasteiger partial charge on any atom is 0.408 e. The molecule has 19 heavy (non-hydrogen) atoms. The topological polar surface area (TPSA) is 66.8 Å². The van der Waals surface area contributed by atoms with Crippen molar-refractivity contribution < 1.29 is 19.4 Å². The number of ether oxygens (including phenoxy) is 1. The molecule has 0 saturated carbocycles. The molecule has 0 radical (unpaired) electrons. The molecule has 1 aliphatic rings. The van der Waals surface area contributed by atoms with Crippen molar-refractivity contribution in [1.82, 2.24) is 4.90 Å². The van der Waals surface area contributed by atoms with E-state index in [1.54, 1.807) is 6.92 Å². The molecule has 0 spiro atoms. The second kappa shape index (κ2) is 5.73. The van der Waals surface area contributed by atoms with Crippen LogP contribution in [0.5, 0.6) is 0 Å². The van der Waals surface area contributed by atoms with Gasteiger partial charge in [0, 0.05) is 6.54 Å². The summed E-state index contributed by atoms with van der Waals surface area (Å²) in [5, 5.41) is 9.16. The van der Waals surface area contributed by atoms with Crippen LogP contribution in [-0.2, 0) is 16.0 Å². The van der Waals surface area contributed by atoms with E-state index in [2.05, 4.69) is 0 Å². The minimum absolute atomic E-state index is 0.342. The van der Waals surface area contributed by atoms with Gasteiger partial charge in [0.1, 0.15) is 6.10 Å². The van der Waals surface area contributed by atoms with E-state index in [1.165, 1.54) is 4.90 Å². The first-order valence-electron chi connectivity index (χ1n) is 6.33. The van der Waals surface area contributed by atoms with Crippen molar-refractivity contribution in [1.29, 1.82) is 0 Å². The zero-order chi connectivity index (χ0) is 13.8. The van der Waals surface area contributed by atoms with Gasteiger partial charge >= 0.3 is 12.1 Å². The first-order chi connectivity index (χ1) is 9.09. The molecule has 1 heterocycles. The number of nitrogens with zero attached hydrogens (tertiary/aromatic N) is 1. The number of rotatable bonds is 5. The van der Waals surface area contributed by atoms with Crippen LogP contribution in [0.2, 0.25) is 0 Å². The first kappa shape index (κ1) is 13.4. The largest absolute Gasteiger partial charge is 0.465 e. The lowest BCUT2D eigenvalue weighted by Crippen LogP contribution is -2.60. The molecule has 1 aliphatic heterocycles. The summed E-state index contributed by atoms with van der Waals surface area (Å²) in [6.45, 7) is 2.05. The maximum absolute atomic E-state index is 11.3. The molecule has 1 saturated heterocycles. The molecule has 0 aromatic heterocycles. The summed E-state index contributed by atoms with van der Waals surface area (Å²) in [7, 11) is 0. The fraction of sp³-hybridized carbons (Fsp3) is 0.429. The number of cyclic esters (lactones) is 1. The molecule has 0 aliphatic carbocycles. The third-order valence-corrected chi connectivity index (χ3v) is 3.28. The molecule has 0 unspecified atom stereocenters. The van der Waals surface area contributed by atoms with Crippen molar-refractivity contribution in [2.75, 3.05) is 6.54 Å². The lowest BCUT2D eigenvalue weighted by atomic mass is 10.0. The molecule has 5 heteroatoms. The van der Waals surface area contributed by atoms with Crippen molar-refractivity contribution in [3.05, 3.63) is 35.9 Å². The molecule has 102 valence electrons. The van der Waals surface area contributed by atoms with Gasteiger partial charge in [-0.05, 0) is 25.3 Å². The molecule has 2 rings (SSSR count). The van der Waals surface area contributed by atoms with Crippen LogP contribution < -0.4 is 0 Å². The SMILES string of the molecule is C[C@H]1OC(=O)[C@@H]1N(CCCc1ccccc1)C(=O)O. The minimum Gasteiger partial charge on any atom is -0.465 e. The number of carboxylic acid groups (broad SMARTS) is 1. The van der Waals surface area contributed by atoms with Crippen LogP contribution in [0.15, 0.2) is 30.3 Å². The quantitative estimate of drug-likeness (QED) is 0.824. The van der Waals surface area contributed by atoms with Gasteiger partial charge in [0.2, 0.25) is 0 Å². The van der Waals surface area contributed by atoms with Gasteiger partial charge in [-0.2, -0.15) is 0 Å². The van der Waals surface area contributed by atoms with E-state index in [9.17, 15) is 9.59 Å². The Labute approximate surface area is 111 Å². The van der Waals surface area contributed by atoms with Crippen molar-refractivity contribution >= 4 is 12.1 Å². The number of carbonyl (C=O) groups is 2. The van der Waals surface area contributed by atoms with Crippen LogP contribution in [0.3, 0.4) is 0 Å². The summed E-state index contributed by atoms with van der Waals surface area (Å²) < 4.78 is 4.80. The second-order valence-corrected chi connectivity index (χ2v) is 4.65. The molecule has 1 amide bonds. The molecule has 0 bridgehead atoms. The van der Waals surface area contributed by atoms with Crippen molar-refractivity contribution in [2.45, 2.75) is 31.9 Å². The fourth-order valence-electron chi connectivity index (χ4n) is 2.27. The van der Waals surface area contributed by atoms with Gasteiger partial charge in [0.15, 0.2) is 6.04 Å². The van der Waals surface area contributed by atoms with Gasteiger partial charge in [-0.25, -0.2) is 9.59 Å². The third kappa shape index (κ3) is 3.05. The van der Waals surface area contributed by atoms with E-state index in [0.29, 0.717) is 13.0 Å². The van der Waals surface area contributed by atoms with Crippen LogP contribution in [-0.4, -0.2) is 40.8 Å². The van der Waals surface area contributed by atoms with Crippen LogP contribution in [0.4, 0.5) is 4.79 Å². The number of hydrogen-bond acceptors (Lipinski definition) is 3. The van der Waals surface area contributed by atoms with E-state index >= 15 is 0 Å². The van der Waals surface area contributed by atoms with Crippen molar-refractivity contribution in [3.8, 4) is 0 Å². The van der Waals surface area contributed by atoms with Crippen LogP contribution >= 0.6 is 0 Å². The average Bonchev–Trinajstić information content (AvgIpc) is 2.38. The molecule has 2 atom stereocenters. The predicted molar refractivity (Wildman–Crippen MR) is 68.8 cm³/mol. The standard InChI is InChI=1S/C14H17NO4/c1-10-12(13(16)19-10)15(14(17)18)9-5-8-11-6-3-2-4-7-11/h2-4,6-7,10,12H,5,8-9H2,1H3,(H,17,18)/t10-,12-/m1/s1. The number of aryl methyl sites for hydroxylation is 1. The smallest absolute Gasteiger partial charge is 0.408 e. The number of esters is 1. The molecular formula is C14H17NO4. The maximum atomic E-state index is 11.3. The highest BCUT2D eigenvalue weighted by molar-refractivity contribution is 5.85. The lowest BCUT2D eigenvalue weighted by Gasteiger charge is -2.39. The Bertz CT molecular complexity index is 460. The number of amides is 1. The minimum atomic E-state index is -1.07. The van der Waals surface area contributed by atoms with Gasteiger partial charge in [0.05, 0.1) is 0 Å². The highest BCUT2D eigenvalue weighted by Gasteiger charge is 2.45. The van der Waals surface area contributed by atoms with Crippen LogP contribution in [0, 0.1) is 0 Å². The highest BCUT2D eigenvalue weighted by atomic mass is 16.6. The number of hydrogen-bond donors (Lipinski definition) is 1. The molecule has 1 aromatic rings. The Morgan fingerprint density at radius 1 is 1.37 bits per heavy atom. The van der Waals surface area contributed by atoms with Gasteiger partial charge in [-0.15, -0.1) is 0 Å². The first-order valence-corrected chi connectivity index (χ1v) is 6.33. The average molecular weight is 263 g/mol. The zero-order valence-corrected chi connectivity index (χ0v) is 10.8. The van der Waals surface area contributed by atoms with E-state index in [0.717, 1.165) is 12.0 Å². The lowest BCUT2D eigenvalue weighted by molar-refractivity contribution is -0.183. The fourth-order valence-corrected chi connectivity index (χ4v) is 2.27. The summed E-state index contributed by atoms with van der Waals surface area (Å²) in [6.07, 6.45) is 0.0648.